The highest BCUT2D eigenvalue weighted by Crippen LogP contribution is 2.27. The molecule has 1 fully saturated rings. The van der Waals surface area contributed by atoms with E-state index >= 15 is 0 Å². The first-order chi connectivity index (χ1) is 10.9. The van der Waals surface area contributed by atoms with E-state index in [4.69, 9.17) is 16.3 Å². The van der Waals surface area contributed by atoms with Gasteiger partial charge in [0.1, 0.15) is 10.0 Å². The molecule has 1 aromatic rings. The Bertz CT molecular complexity index is 632. The van der Waals surface area contributed by atoms with E-state index in [2.05, 4.69) is 10.00 Å². The van der Waals surface area contributed by atoms with Crippen molar-refractivity contribution in [2.75, 3.05) is 46.4 Å². The zero-order valence-electron chi connectivity index (χ0n) is 14.0. The molecule has 1 aliphatic rings. The summed E-state index contributed by atoms with van der Waals surface area (Å²) in [5, 5.41) is 4.28. The molecule has 0 N–H and O–H groups in total. The minimum absolute atomic E-state index is 0.134. The van der Waals surface area contributed by atoms with Crippen LogP contribution < -0.4 is 0 Å². The van der Waals surface area contributed by atoms with Crippen molar-refractivity contribution in [3.05, 3.63) is 10.8 Å². The minimum Gasteiger partial charge on any atom is -0.385 e. The fraction of sp³-hybridized carbons (Fsp3) is 0.786. The quantitative estimate of drug-likeness (QED) is 0.707. The smallest absolute Gasteiger partial charge is 0.248 e. The van der Waals surface area contributed by atoms with E-state index < -0.39 is 10.0 Å². The zero-order valence-corrected chi connectivity index (χ0v) is 15.5. The van der Waals surface area contributed by atoms with Crippen LogP contribution in [-0.4, -0.2) is 73.8 Å². The summed E-state index contributed by atoms with van der Waals surface area (Å²) in [4.78, 5) is 2.42. The monoisotopic (exact) mass is 364 g/mol. The lowest BCUT2D eigenvalue weighted by atomic mass is 10.3. The Labute approximate surface area is 143 Å². The number of ether oxygens (including phenoxy) is 1. The molecular weight excluding hydrogens is 340 g/mol. The molecule has 0 amide bonds. The standard InChI is InChI=1S/C14H25ClN4O3S/c1-12-13(14(15)17(2)16-12)23(20,21)19-8-4-6-18(9-10-19)7-5-11-22-3/h4-11H2,1-3H3. The lowest BCUT2D eigenvalue weighted by Gasteiger charge is -2.21. The van der Waals surface area contributed by atoms with Crippen molar-refractivity contribution in [2.45, 2.75) is 24.7 Å². The molecule has 1 aromatic heterocycles. The van der Waals surface area contributed by atoms with Crippen molar-refractivity contribution in [1.82, 2.24) is 19.0 Å². The van der Waals surface area contributed by atoms with Gasteiger partial charge in [0.25, 0.3) is 0 Å². The second-order valence-electron chi connectivity index (χ2n) is 5.77. The van der Waals surface area contributed by atoms with Gasteiger partial charge in [-0.15, -0.1) is 0 Å². The normalized spacial score (nSPS) is 18.3. The van der Waals surface area contributed by atoms with Crippen LogP contribution in [0.25, 0.3) is 0 Å². The lowest BCUT2D eigenvalue weighted by molar-refractivity contribution is 0.173. The summed E-state index contributed by atoms with van der Waals surface area (Å²) in [6.45, 7) is 5.92. The molecule has 9 heteroatoms. The third-order valence-electron chi connectivity index (χ3n) is 4.07. The number of hydrogen-bond donors (Lipinski definition) is 0. The van der Waals surface area contributed by atoms with Crippen molar-refractivity contribution in [3.8, 4) is 0 Å². The predicted molar refractivity (Wildman–Crippen MR) is 89.3 cm³/mol. The molecule has 132 valence electrons. The Hall–Kier alpha value is -0.670. The number of rotatable bonds is 6. The largest absolute Gasteiger partial charge is 0.385 e. The van der Waals surface area contributed by atoms with Gasteiger partial charge >= 0.3 is 0 Å². The molecule has 0 spiro atoms. The van der Waals surface area contributed by atoms with Gasteiger partial charge in [-0.05, 0) is 26.3 Å². The maximum atomic E-state index is 12.9. The van der Waals surface area contributed by atoms with Crippen LogP contribution in [0.1, 0.15) is 18.5 Å². The Balaban J connectivity index is 2.09. The van der Waals surface area contributed by atoms with Crippen LogP contribution in [0.15, 0.2) is 4.90 Å². The molecule has 0 unspecified atom stereocenters. The Morgan fingerprint density at radius 1 is 1.26 bits per heavy atom. The summed E-state index contributed by atoms with van der Waals surface area (Å²) < 4.78 is 33.8. The molecule has 7 nitrogen and oxygen atoms in total. The summed E-state index contributed by atoms with van der Waals surface area (Å²) in [5.41, 5.74) is 0.443. The van der Waals surface area contributed by atoms with Crippen LogP contribution in [0.3, 0.4) is 0 Å². The Morgan fingerprint density at radius 2 is 2.00 bits per heavy atom. The summed E-state index contributed by atoms with van der Waals surface area (Å²) in [5.74, 6) is 0. The number of nitrogens with zero attached hydrogens (tertiary/aromatic N) is 4. The number of aromatic nitrogens is 2. The molecule has 2 heterocycles. The highest BCUT2D eigenvalue weighted by atomic mass is 35.5. The summed E-state index contributed by atoms with van der Waals surface area (Å²) in [7, 11) is -0.269. The summed E-state index contributed by atoms with van der Waals surface area (Å²) in [6, 6.07) is 0. The molecule has 23 heavy (non-hydrogen) atoms. The Morgan fingerprint density at radius 3 is 2.61 bits per heavy atom. The topological polar surface area (TPSA) is 67.7 Å². The van der Waals surface area contributed by atoms with Crippen LogP contribution in [0.4, 0.5) is 0 Å². The molecule has 1 aliphatic heterocycles. The average molecular weight is 365 g/mol. The highest BCUT2D eigenvalue weighted by molar-refractivity contribution is 7.89. The fourth-order valence-corrected chi connectivity index (χ4v) is 5.05. The number of halogens is 1. The van der Waals surface area contributed by atoms with E-state index in [0.29, 0.717) is 18.8 Å². The summed E-state index contributed by atoms with van der Waals surface area (Å²) >= 11 is 6.14. The van der Waals surface area contributed by atoms with Crippen molar-refractivity contribution in [1.29, 1.82) is 0 Å². The SMILES string of the molecule is COCCCN1CCCN(S(=O)(=O)c2c(C)nn(C)c2Cl)CC1. The van der Waals surface area contributed by atoms with E-state index in [1.54, 1.807) is 21.1 Å². The number of aryl methyl sites for hydroxylation is 2. The highest BCUT2D eigenvalue weighted by Gasteiger charge is 2.32. The number of methoxy groups -OCH3 is 1. The average Bonchev–Trinajstić information content (AvgIpc) is 2.68. The van der Waals surface area contributed by atoms with Gasteiger partial charge in [0.15, 0.2) is 0 Å². The minimum atomic E-state index is -3.61. The third-order valence-corrected chi connectivity index (χ3v) is 6.66. The molecule has 2 rings (SSSR count). The van der Waals surface area contributed by atoms with Crippen LogP contribution in [0.5, 0.6) is 0 Å². The molecule has 0 aliphatic carbocycles. The van der Waals surface area contributed by atoms with Crippen molar-refractivity contribution >= 4 is 21.6 Å². The zero-order chi connectivity index (χ0) is 17.0. The van der Waals surface area contributed by atoms with E-state index in [0.717, 1.165) is 39.1 Å². The molecule has 0 atom stereocenters. The molecule has 0 saturated carbocycles. The van der Waals surface area contributed by atoms with Gasteiger partial charge in [-0.3, -0.25) is 4.68 Å². The fourth-order valence-electron chi connectivity index (χ4n) is 2.88. The van der Waals surface area contributed by atoms with Gasteiger partial charge in [0.2, 0.25) is 10.0 Å². The Kier molecular flexibility index (Phi) is 6.44. The second-order valence-corrected chi connectivity index (χ2v) is 8.01. The maximum absolute atomic E-state index is 12.9. The van der Waals surface area contributed by atoms with Crippen LogP contribution in [0.2, 0.25) is 5.15 Å². The lowest BCUT2D eigenvalue weighted by Crippen LogP contribution is -2.35. The van der Waals surface area contributed by atoms with Crippen molar-refractivity contribution < 1.29 is 13.2 Å². The van der Waals surface area contributed by atoms with E-state index in [1.807, 2.05) is 0 Å². The first-order valence-corrected chi connectivity index (χ1v) is 9.60. The van der Waals surface area contributed by atoms with Gasteiger partial charge in [-0.1, -0.05) is 11.6 Å². The van der Waals surface area contributed by atoms with E-state index in [1.165, 1.54) is 8.99 Å². The van der Waals surface area contributed by atoms with Gasteiger partial charge in [0, 0.05) is 46.9 Å². The predicted octanol–water partition coefficient (Wildman–Crippen LogP) is 1.11. The molecular formula is C14H25ClN4O3S. The van der Waals surface area contributed by atoms with Gasteiger partial charge in [0.05, 0.1) is 5.69 Å². The molecule has 0 radical (unpaired) electrons. The molecule has 0 aromatic carbocycles. The van der Waals surface area contributed by atoms with Gasteiger partial charge in [-0.25, -0.2) is 8.42 Å². The van der Waals surface area contributed by atoms with E-state index in [-0.39, 0.29) is 10.0 Å². The maximum Gasteiger partial charge on any atom is 0.248 e. The van der Waals surface area contributed by atoms with Crippen LogP contribution in [-0.2, 0) is 21.8 Å². The van der Waals surface area contributed by atoms with Crippen LogP contribution >= 0.6 is 11.6 Å². The van der Waals surface area contributed by atoms with Crippen molar-refractivity contribution in [2.24, 2.45) is 7.05 Å². The number of sulfonamides is 1. The van der Waals surface area contributed by atoms with Gasteiger partial charge < -0.3 is 9.64 Å². The van der Waals surface area contributed by atoms with E-state index in [9.17, 15) is 8.42 Å². The summed E-state index contributed by atoms with van der Waals surface area (Å²) in [6.07, 6.45) is 1.76. The third kappa shape index (κ3) is 4.24. The van der Waals surface area contributed by atoms with Crippen LogP contribution in [0, 0.1) is 6.92 Å². The number of hydrogen-bond acceptors (Lipinski definition) is 5. The first-order valence-electron chi connectivity index (χ1n) is 7.78. The van der Waals surface area contributed by atoms with Crippen molar-refractivity contribution in [3.63, 3.8) is 0 Å². The molecule has 0 bridgehead atoms. The molecule has 1 saturated heterocycles. The van der Waals surface area contributed by atoms with Gasteiger partial charge in [-0.2, -0.15) is 9.40 Å². The second kappa shape index (κ2) is 7.94. The first kappa shape index (κ1) is 18.7.